The first-order chi connectivity index (χ1) is 18.0. The lowest BCUT2D eigenvalue weighted by Crippen LogP contribution is -2.39. The second kappa shape index (κ2) is 9.49. The standard InChI is InChI=1S/C29H30N2O5S/c1-4-34-21-13-11-17(15-22(21)35-5-2)25-24-26(32)18-8-6-7-9-20(18)36-27(24)28(33)31(25)29-30-19-12-10-16(3)14-23(19)37-29/h10-15,18,20,25H,4-9H2,1-3H3. The van der Waals surface area contributed by atoms with Gasteiger partial charge in [0.15, 0.2) is 28.2 Å². The molecule has 3 unspecified atom stereocenters. The van der Waals surface area contributed by atoms with E-state index in [4.69, 9.17) is 19.2 Å². The summed E-state index contributed by atoms with van der Waals surface area (Å²) < 4.78 is 19.0. The van der Waals surface area contributed by atoms with E-state index in [2.05, 4.69) is 6.07 Å². The number of ketones is 1. The van der Waals surface area contributed by atoms with Gasteiger partial charge < -0.3 is 14.2 Å². The number of hydrogen-bond donors (Lipinski definition) is 0. The second-order valence-electron chi connectivity index (χ2n) is 9.77. The fourth-order valence-corrected chi connectivity index (χ4v) is 6.81. The zero-order valence-corrected chi connectivity index (χ0v) is 22.1. The first-order valence-corrected chi connectivity index (χ1v) is 13.9. The van der Waals surface area contributed by atoms with Crippen LogP contribution in [-0.4, -0.2) is 36.0 Å². The van der Waals surface area contributed by atoms with Crippen molar-refractivity contribution in [2.75, 3.05) is 18.1 Å². The van der Waals surface area contributed by atoms with Crippen LogP contribution in [0.2, 0.25) is 0 Å². The van der Waals surface area contributed by atoms with Crippen molar-refractivity contribution in [2.24, 2.45) is 5.92 Å². The number of fused-ring (bicyclic) bond motifs is 2. The van der Waals surface area contributed by atoms with E-state index in [-0.39, 0.29) is 29.5 Å². The predicted octanol–water partition coefficient (Wildman–Crippen LogP) is 5.90. The molecule has 1 aromatic heterocycles. The highest BCUT2D eigenvalue weighted by molar-refractivity contribution is 7.22. The van der Waals surface area contributed by atoms with E-state index in [1.54, 1.807) is 4.90 Å². The number of thiazole rings is 1. The fraction of sp³-hybridized carbons (Fsp3) is 0.414. The van der Waals surface area contributed by atoms with Crippen molar-refractivity contribution >= 4 is 38.4 Å². The lowest BCUT2D eigenvalue weighted by atomic mass is 9.77. The van der Waals surface area contributed by atoms with Crippen LogP contribution in [0.15, 0.2) is 47.7 Å². The summed E-state index contributed by atoms with van der Waals surface area (Å²) in [7, 11) is 0. The first kappa shape index (κ1) is 24.0. The molecule has 3 aromatic rings. The van der Waals surface area contributed by atoms with Crippen molar-refractivity contribution in [2.45, 2.75) is 58.6 Å². The lowest BCUT2D eigenvalue weighted by Gasteiger charge is -2.35. The van der Waals surface area contributed by atoms with Crippen LogP contribution in [-0.2, 0) is 14.3 Å². The van der Waals surface area contributed by atoms with Crippen LogP contribution in [0.25, 0.3) is 10.2 Å². The Morgan fingerprint density at radius 2 is 1.81 bits per heavy atom. The van der Waals surface area contributed by atoms with Crippen molar-refractivity contribution in [1.82, 2.24) is 4.98 Å². The maximum Gasteiger partial charge on any atom is 0.296 e. The van der Waals surface area contributed by atoms with Gasteiger partial charge in [-0.05, 0) is 75.4 Å². The molecule has 1 aliphatic carbocycles. The number of anilines is 1. The van der Waals surface area contributed by atoms with E-state index in [0.29, 0.717) is 35.4 Å². The van der Waals surface area contributed by atoms with Crippen molar-refractivity contribution < 1.29 is 23.8 Å². The Balaban J connectivity index is 1.51. The molecule has 3 aliphatic rings. The molecule has 3 heterocycles. The molecule has 1 saturated carbocycles. The van der Waals surface area contributed by atoms with Crippen LogP contribution in [0.1, 0.15) is 56.7 Å². The van der Waals surface area contributed by atoms with Gasteiger partial charge in [0.05, 0.1) is 41.0 Å². The largest absolute Gasteiger partial charge is 0.490 e. The number of carbonyl (C=O) groups is 2. The summed E-state index contributed by atoms with van der Waals surface area (Å²) in [5.74, 6) is 0.904. The Bertz CT molecular complexity index is 1430. The second-order valence-corrected chi connectivity index (χ2v) is 10.8. The third kappa shape index (κ3) is 3.98. The first-order valence-electron chi connectivity index (χ1n) is 13.1. The number of Topliss-reactive ketones (excluding diaryl/α,β-unsaturated/α-hetero) is 1. The van der Waals surface area contributed by atoms with Gasteiger partial charge in [0.25, 0.3) is 5.91 Å². The van der Waals surface area contributed by atoms with Gasteiger partial charge in [-0.25, -0.2) is 4.98 Å². The smallest absolute Gasteiger partial charge is 0.296 e. The molecule has 0 bridgehead atoms. The van der Waals surface area contributed by atoms with Gasteiger partial charge >= 0.3 is 0 Å². The Labute approximate surface area is 220 Å². The minimum Gasteiger partial charge on any atom is -0.490 e. The predicted molar refractivity (Wildman–Crippen MR) is 142 cm³/mol. The maximum atomic E-state index is 14.0. The average Bonchev–Trinajstić information content (AvgIpc) is 3.43. The molecule has 8 heteroatoms. The minimum absolute atomic E-state index is 0.0237. The monoisotopic (exact) mass is 518 g/mol. The Hall–Kier alpha value is -3.39. The summed E-state index contributed by atoms with van der Waals surface area (Å²) in [6.07, 6.45) is 3.35. The quantitative estimate of drug-likeness (QED) is 0.404. The van der Waals surface area contributed by atoms with Crippen LogP contribution < -0.4 is 14.4 Å². The molecule has 192 valence electrons. The number of rotatable bonds is 6. The molecule has 3 atom stereocenters. The number of amides is 1. The molecular formula is C29H30N2O5S. The molecule has 0 radical (unpaired) electrons. The zero-order valence-electron chi connectivity index (χ0n) is 21.3. The van der Waals surface area contributed by atoms with Crippen molar-refractivity contribution in [3.63, 3.8) is 0 Å². The van der Waals surface area contributed by atoms with Crippen LogP contribution in [0.4, 0.5) is 5.13 Å². The Morgan fingerprint density at radius 3 is 2.62 bits per heavy atom. The molecule has 1 fully saturated rings. The molecular weight excluding hydrogens is 488 g/mol. The van der Waals surface area contributed by atoms with Gasteiger partial charge in [-0.15, -0.1) is 0 Å². The summed E-state index contributed by atoms with van der Waals surface area (Å²) >= 11 is 1.45. The molecule has 1 amide bonds. The number of hydrogen-bond acceptors (Lipinski definition) is 7. The summed E-state index contributed by atoms with van der Waals surface area (Å²) in [5, 5.41) is 0.552. The van der Waals surface area contributed by atoms with E-state index in [0.717, 1.165) is 47.0 Å². The molecule has 2 aromatic carbocycles. The minimum atomic E-state index is -0.644. The highest BCUT2D eigenvalue weighted by atomic mass is 32.1. The summed E-state index contributed by atoms with van der Waals surface area (Å²) in [5.41, 5.74) is 3.16. The van der Waals surface area contributed by atoms with Crippen LogP contribution >= 0.6 is 11.3 Å². The number of aryl methyl sites for hydroxylation is 1. The van der Waals surface area contributed by atoms with Crippen molar-refractivity contribution in [1.29, 1.82) is 0 Å². The van der Waals surface area contributed by atoms with Crippen LogP contribution in [0.5, 0.6) is 11.5 Å². The van der Waals surface area contributed by atoms with Crippen molar-refractivity contribution in [3.8, 4) is 11.5 Å². The Kier molecular flexibility index (Phi) is 6.15. The third-order valence-corrected chi connectivity index (χ3v) is 8.40. The maximum absolute atomic E-state index is 14.0. The van der Waals surface area contributed by atoms with Gasteiger partial charge in [0.1, 0.15) is 6.10 Å². The zero-order chi connectivity index (χ0) is 25.7. The number of nitrogens with zero attached hydrogens (tertiary/aromatic N) is 2. The van der Waals surface area contributed by atoms with Crippen LogP contribution in [0, 0.1) is 12.8 Å². The van der Waals surface area contributed by atoms with Gasteiger partial charge in [-0.2, -0.15) is 0 Å². The van der Waals surface area contributed by atoms with E-state index in [1.165, 1.54) is 11.3 Å². The van der Waals surface area contributed by atoms with E-state index < -0.39 is 6.04 Å². The average molecular weight is 519 g/mol. The Morgan fingerprint density at radius 1 is 1.03 bits per heavy atom. The summed E-state index contributed by atoms with van der Waals surface area (Å²) in [6.45, 7) is 6.84. The molecule has 6 rings (SSSR count). The number of carbonyl (C=O) groups excluding carboxylic acids is 2. The molecule has 7 nitrogen and oxygen atoms in total. The van der Waals surface area contributed by atoms with Crippen LogP contribution in [0.3, 0.4) is 0 Å². The van der Waals surface area contributed by atoms with Gasteiger partial charge in [0.2, 0.25) is 0 Å². The molecule has 37 heavy (non-hydrogen) atoms. The van der Waals surface area contributed by atoms with E-state index >= 15 is 0 Å². The molecule has 0 N–H and O–H groups in total. The topological polar surface area (TPSA) is 78.0 Å². The lowest BCUT2D eigenvalue weighted by molar-refractivity contribution is -0.131. The number of aromatic nitrogens is 1. The molecule has 0 spiro atoms. The third-order valence-electron chi connectivity index (χ3n) is 7.39. The SMILES string of the molecule is CCOc1ccc(C2C3=C(OC4CCCCC4C3=O)C(=O)N2c2nc3ccc(C)cc3s2)cc1OCC. The number of benzene rings is 2. The number of ether oxygens (including phenoxy) is 3. The molecule has 0 saturated heterocycles. The van der Waals surface area contributed by atoms with Gasteiger partial charge in [0, 0.05) is 0 Å². The van der Waals surface area contributed by atoms with Gasteiger partial charge in [-0.3, -0.25) is 14.5 Å². The summed E-state index contributed by atoms with van der Waals surface area (Å²) in [6, 6.07) is 11.0. The van der Waals surface area contributed by atoms with Crippen molar-refractivity contribution in [3.05, 3.63) is 58.9 Å². The fourth-order valence-electron chi connectivity index (χ4n) is 5.72. The van der Waals surface area contributed by atoms with Gasteiger partial charge in [-0.1, -0.05) is 29.9 Å². The van der Waals surface area contributed by atoms with E-state index in [1.807, 2.05) is 51.1 Å². The molecule has 2 aliphatic heterocycles. The normalized spacial score (nSPS) is 23.2. The highest BCUT2D eigenvalue weighted by Gasteiger charge is 2.53. The van der Waals surface area contributed by atoms with E-state index in [9.17, 15) is 9.59 Å². The summed E-state index contributed by atoms with van der Waals surface area (Å²) in [4.78, 5) is 34.4. The highest BCUT2D eigenvalue weighted by Crippen LogP contribution is 2.50.